The van der Waals surface area contributed by atoms with Gasteiger partial charge in [0.2, 0.25) is 0 Å². The first-order valence-corrected chi connectivity index (χ1v) is 8.13. The summed E-state index contributed by atoms with van der Waals surface area (Å²) < 4.78 is 26.2. The van der Waals surface area contributed by atoms with Gasteiger partial charge in [-0.2, -0.15) is 0 Å². The zero-order valence-electron chi connectivity index (χ0n) is 14.1. The monoisotopic (exact) mass is 353 g/mol. The SMILES string of the molecule is CCN(c1ccccc1)c1ccc(NC(=O)c2ccc(F)c(F)c2)cn1. The molecule has 0 fully saturated rings. The molecule has 0 aliphatic heterocycles. The van der Waals surface area contributed by atoms with Gasteiger partial charge in [-0.25, -0.2) is 13.8 Å². The molecule has 6 heteroatoms. The summed E-state index contributed by atoms with van der Waals surface area (Å²) in [5.41, 5.74) is 1.51. The van der Waals surface area contributed by atoms with Crippen LogP contribution >= 0.6 is 0 Å². The average molecular weight is 353 g/mol. The van der Waals surface area contributed by atoms with Crippen LogP contribution in [0.15, 0.2) is 66.9 Å². The van der Waals surface area contributed by atoms with E-state index in [0.717, 1.165) is 30.2 Å². The second-order valence-corrected chi connectivity index (χ2v) is 5.57. The quantitative estimate of drug-likeness (QED) is 0.719. The fourth-order valence-corrected chi connectivity index (χ4v) is 2.55. The maximum absolute atomic E-state index is 13.2. The van der Waals surface area contributed by atoms with Crippen molar-refractivity contribution in [2.75, 3.05) is 16.8 Å². The molecule has 2 aromatic carbocycles. The largest absolute Gasteiger partial charge is 0.327 e. The molecule has 0 saturated carbocycles. The van der Waals surface area contributed by atoms with Crippen molar-refractivity contribution in [3.8, 4) is 0 Å². The summed E-state index contributed by atoms with van der Waals surface area (Å²) in [6.07, 6.45) is 1.53. The topological polar surface area (TPSA) is 45.2 Å². The molecule has 4 nitrogen and oxygen atoms in total. The highest BCUT2D eigenvalue weighted by Crippen LogP contribution is 2.23. The lowest BCUT2D eigenvalue weighted by Crippen LogP contribution is -2.17. The Hall–Kier alpha value is -3.28. The van der Waals surface area contributed by atoms with Gasteiger partial charge >= 0.3 is 0 Å². The minimum atomic E-state index is -1.06. The molecule has 1 aromatic heterocycles. The van der Waals surface area contributed by atoms with Gasteiger partial charge in [0, 0.05) is 17.8 Å². The van der Waals surface area contributed by atoms with Crippen molar-refractivity contribution in [1.29, 1.82) is 0 Å². The Balaban J connectivity index is 1.75. The highest BCUT2D eigenvalue weighted by Gasteiger charge is 2.12. The zero-order valence-corrected chi connectivity index (χ0v) is 14.1. The van der Waals surface area contributed by atoms with E-state index in [9.17, 15) is 13.6 Å². The van der Waals surface area contributed by atoms with Crippen LogP contribution in [-0.4, -0.2) is 17.4 Å². The van der Waals surface area contributed by atoms with Crippen LogP contribution in [-0.2, 0) is 0 Å². The smallest absolute Gasteiger partial charge is 0.255 e. The van der Waals surface area contributed by atoms with Crippen molar-refractivity contribution in [2.24, 2.45) is 0 Å². The minimum absolute atomic E-state index is 0.0347. The lowest BCUT2D eigenvalue weighted by Gasteiger charge is -2.22. The first-order valence-electron chi connectivity index (χ1n) is 8.13. The summed E-state index contributed by atoms with van der Waals surface area (Å²) >= 11 is 0. The lowest BCUT2D eigenvalue weighted by molar-refractivity contribution is 0.102. The van der Waals surface area contributed by atoms with Crippen LogP contribution < -0.4 is 10.2 Å². The minimum Gasteiger partial charge on any atom is -0.327 e. The zero-order chi connectivity index (χ0) is 18.5. The second-order valence-electron chi connectivity index (χ2n) is 5.57. The van der Waals surface area contributed by atoms with Crippen molar-refractivity contribution in [3.63, 3.8) is 0 Å². The van der Waals surface area contributed by atoms with Gasteiger partial charge in [0.25, 0.3) is 5.91 Å². The number of nitrogens with one attached hydrogen (secondary N) is 1. The van der Waals surface area contributed by atoms with Gasteiger partial charge < -0.3 is 10.2 Å². The van der Waals surface area contributed by atoms with Crippen molar-refractivity contribution in [1.82, 2.24) is 4.98 Å². The summed E-state index contributed by atoms with van der Waals surface area (Å²) in [6.45, 7) is 2.75. The maximum Gasteiger partial charge on any atom is 0.255 e. The van der Waals surface area contributed by atoms with Crippen LogP contribution in [0.4, 0.5) is 26.0 Å². The number of pyridine rings is 1. The number of carbonyl (C=O) groups excluding carboxylic acids is 1. The number of benzene rings is 2. The molecule has 0 atom stereocenters. The molecular weight excluding hydrogens is 336 g/mol. The fourth-order valence-electron chi connectivity index (χ4n) is 2.55. The normalized spacial score (nSPS) is 10.4. The number of para-hydroxylation sites is 1. The molecule has 3 aromatic rings. The van der Waals surface area contributed by atoms with E-state index in [0.29, 0.717) is 5.69 Å². The number of rotatable bonds is 5. The van der Waals surface area contributed by atoms with Gasteiger partial charge in [-0.3, -0.25) is 4.79 Å². The number of nitrogens with zero attached hydrogens (tertiary/aromatic N) is 2. The van der Waals surface area contributed by atoms with Gasteiger partial charge in [0.1, 0.15) is 5.82 Å². The number of amides is 1. The predicted molar refractivity (Wildman–Crippen MR) is 97.7 cm³/mol. The number of halogens is 2. The third kappa shape index (κ3) is 3.85. The van der Waals surface area contributed by atoms with E-state index in [1.807, 2.05) is 42.2 Å². The molecule has 0 aliphatic rings. The van der Waals surface area contributed by atoms with Crippen molar-refractivity contribution < 1.29 is 13.6 Å². The van der Waals surface area contributed by atoms with E-state index >= 15 is 0 Å². The highest BCUT2D eigenvalue weighted by atomic mass is 19.2. The van der Waals surface area contributed by atoms with Gasteiger partial charge in [-0.05, 0) is 49.4 Å². The molecule has 132 valence electrons. The molecule has 1 amide bonds. The number of anilines is 3. The molecule has 1 heterocycles. The van der Waals surface area contributed by atoms with E-state index in [1.165, 1.54) is 12.3 Å². The molecule has 3 rings (SSSR count). The molecule has 0 radical (unpaired) electrons. The van der Waals surface area contributed by atoms with Crippen molar-refractivity contribution >= 4 is 23.1 Å². The van der Waals surface area contributed by atoms with Crippen LogP contribution in [0.5, 0.6) is 0 Å². The van der Waals surface area contributed by atoms with Crippen LogP contribution in [0.25, 0.3) is 0 Å². The molecule has 0 bridgehead atoms. The Kier molecular flexibility index (Phi) is 5.22. The Morgan fingerprint density at radius 2 is 1.81 bits per heavy atom. The fraction of sp³-hybridized carbons (Fsp3) is 0.100. The Bertz CT molecular complexity index is 899. The summed E-state index contributed by atoms with van der Waals surface area (Å²) in [6, 6.07) is 16.3. The summed E-state index contributed by atoms with van der Waals surface area (Å²) in [7, 11) is 0. The van der Waals surface area contributed by atoms with Gasteiger partial charge in [0.15, 0.2) is 11.6 Å². The predicted octanol–water partition coefficient (Wildman–Crippen LogP) is 4.77. The summed E-state index contributed by atoms with van der Waals surface area (Å²) in [5, 5.41) is 2.62. The van der Waals surface area contributed by atoms with Crippen LogP contribution in [0.2, 0.25) is 0 Å². The molecule has 0 aliphatic carbocycles. The first-order chi connectivity index (χ1) is 12.6. The second kappa shape index (κ2) is 7.74. The van der Waals surface area contributed by atoms with E-state index in [-0.39, 0.29) is 5.56 Å². The first kappa shape index (κ1) is 17.5. The van der Waals surface area contributed by atoms with E-state index in [1.54, 1.807) is 12.1 Å². The number of hydrogen-bond donors (Lipinski definition) is 1. The van der Waals surface area contributed by atoms with Crippen LogP contribution in [0.3, 0.4) is 0 Å². The number of carbonyl (C=O) groups is 1. The third-order valence-electron chi connectivity index (χ3n) is 3.85. The molecule has 0 unspecified atom stereocenters. The summed E-state index contributed by atoms with van der Waals surface area (Å²) in [5.74, 6) is -1.85. The lowest BCUT2D eigenvalue weighted by atomic mass is 10.2. The van der Waals surface area contributed by atoms with Crippen molar-refractivity contribution in [3.05, 3.63) is 84.1 Å². The molecule has 0 saturated heterocycles. The average Bonchev–Trinajstić information content (AvgIpc) is 2.67. The van der Waals surface area contributed by atoms with Crippen LogP contribution in [0, 0.1) is 11.6 Å². The van der Waals surface area contributed by atoms with Gasteiger partial charge in [-0.15, -0.1) is 0 Å². The summed E-state index contributed by atoms with van der Waals surface area (Å²) in [4.78, 5) is 18.5. The van der Waals surface area contributed by atoms with Crippen molar-refractivity contribution in [2.45, 2.75) is 6.92 Å². The van der Waals surface area contributed by atoms with E-state index in [2.05, 4.69) is 10.3 Å². The molecule has 1 N–H and O–H groups in total. The maximum atomic E-state index is 13.2. The number of hydrogen-bond acceptors (Lipinski definition) is 3. The number of aromatic nitrogens is 1. The molecule has 26 heavy (non-hydrogen) atoms. The Morgan fingerprint density at radius 3 is 2.42 bits per heavy atom. The van der Waals surface area contributed by atoms with E-state index < -0.39 is 17.5 Å². The van der Waals surface area contributed by atoms with Crippen LogP contribution in [0.1, 0.15) is 17.3 Å². The molecule has 0 spiro atoms. The highest BCUT2D eigenvalue weighted by molar-refractivity contribution is 6.04. The Labute approximate surface area is 150 Å². The van der Waals surface area contributed by atoms with E-state index in [4.69, 9.17) is 0 Å². The van der Waals surface area contributed by atoms with Gasteiger partial charge in [0.05, 0.1) is 11.9 Å². The Morgan fingerprint density at radius 1 is 1.04 bits per heavy atom. The standard InChI is InChI=1S/C20H17F2N3O/c1-2-25(16-6-4-3-5-7-16)19-11-9-15(13-23-19)24-20(26)14-8-10-17(21)18(22)12-14/h3-13H,2H2,1H3,(H,24,26). The third-order valence-corrected chi connectivity index (χ3v) is 3.85. The van der Waals surface area contributed by atoms with Gasteiger partial charge in [-0.1, -0.05) is 18.2 Å². The molecular formula is C20H17F2N3O.